The molecule has 2 saturated heterocycles. The molecule has 0 spiro atoms. The van der Waals surface area contributed by atoms with Gasteiger partial charge in [-0.15, -0.1) is 0 Å². The Kier molecular flexibility index (Phi) is 8.25. The summed E-state index contributed by atoms with van der Waals surface area (Å²) in [5, 5.41) is 2.97. The van der Waals surface area contributed by atoms with Crippen molar-refractivity contribution in [2.24, 2.45) is 0 Å². The fourth-order valence-corrected chi connectivity index (χ4v) is 6.59. The largest absolute Gasteiger partial charge is 0.496 e. The van der Waals surface area contributed by atoms with Crippen LogP contribution in [0.15, 0.2) is 36.5 Å². The van der Waals surface area contributed by atoms with E-state index in [4.69, 9.17) is 9.47 Å². The van der Waals surface area contributed by atoms with Crippen LogP contribution in [0.3, 0.4) is 0 Å². The van der Waals surface area contributed by atoms with E-state index in [1.807, 2.05) is 4.40 Å². The molecular formula is C30H33F2N5O4S. The molecule has 222 valence electrons. The van der Waals surface area contributed by atoms with Gasteiger partial charge in [-0.25, -0.2) is 18.6 Å². The number of nitrogens with one attached hydrogen (secondary N) is 1. The number of amides is 2. The predicted molar refractivity (Wildman–Crippen MR) is 157 cm³/mol. The molecule has 2 aliphatic heterocycles. The summed E-state index contributed by atoms with van der Waals surface area (Å²) in [5.41, 5.74) is 1.94. The Morgan fingerprint density at radius 2 is 1.90 bits per heavy atom. The summed E-state index contributed by atoms with van der Waals surface area (Å²) in [4.78, 5) is 34.4. The number of ether oxygens (including phenoxy) is 2. The lowest BCUT2D eigenvalue weighted by Crippen LogP contribution is -2.36. The van der Waals surface area contributed by atoms with E-state index in [1.165, 1.54) is 24.5 Å². The van der Waals surface area contributed by atoms with Crippen LogP contribution in [0.2, 0.25) is 0 Å². The van der Waals surface area contributed by atoms with Gasteiger partial charge in [0.15, 0.2) is 4.96 Å². The second-order valence-corrected chi connectivity index (χ2v) is 11.7. The monoisotopic (exact) mass is 597 g/mol. The van der Waals surface area contributed by atoms with Gasteiger partial charge < -0.3 is 24.6 Å². The zero-order chi connectivity index (χ0) is 29.2. The molecule has 4 heterocycles. The molecule has 2 fully saturated rings. The number of fused-ring (bicyclic) bond motifs is 3. The number of methoxy groups -OCH3 is 1. The first-order chi connectivity index (χ1) is 20.4. The highest BCUT2D eigenvalue weighted by Crippen LogP contribution is 2.35. The van der Waals surface area contributed by atoms with Gasteiger partial charge in [-0.1, -0.05) is 11.3 Å². The highest BCUT2D eigenvalue weighted by Gasteiger charge is 2.22. The van der Waals surface area contributed by atoms with Crippen molar-refractivity contribution in [3.05, 3.63) is 47.9 Å². The van der Waals surface area contributed by atoms with Gasteiger partial charge in [0.05, 0.1) is 28.6 Å². The van der Waals surface area contributed by atoms with Crippen LogP contribution in [0.1, 0.15) is 42.5 Å². The number of carbonyl (C=O) groups is 2. The number of alkyl halides is 1. The van der Waals surface area contributed by atoms with E-state index in [-0.39, 0.29) is 17.2 Å². The summed E-state index contributed by atoms with van der Waals surface area (Å²) in [7, 11) is 1.52. The number of piperidine rings is 1. The molecule has 4 aromatic rings. The number of hydrogen-bond acceptors (Lipinski definition) is 7. The number of rotatable bonds is 8. The lowest BCUT2D eigenvalue weighted by atomic mass is 10.1. The Morgan fingerprint density at radius 3 is 2.64 bits per heavy atom. The number of halogens is 2. The Bertz CT molecular complexity index is 1610. The molecule has 0 bridgehead atoms. The summed E-state index contributed by atoms with van der Waals surface area (Å²) in [6, 6.07) is 7.91. The number of aromatic nitrogens is 2. The second-order valence-electron chi connectivity index (χ2n) is 10.7. The average Bonchev–Trinajstić information content (AvgIpc) is 3.73. The van der Waals surface area contributed by atoms with E-state index >= 15 is 4.39 Å². The molecule has 2 aromatic heterocycles. The molecule has 6 rings (SSSR count). The summed E-state index contributed by atoms with van der Waals surface area (Å²) in [6.07, 6.45) is 4.40. The van der Waals surface area contributed by atoms with Gasteiger partial charge in [-0.2, -0.15) is 0 Å². The van der Waals surface area contributed by atoms with E-state index < -0.39 is 18.1 Å². The van der Waals surface area contributed by atoms with Gasteiger partial charge in [0.1, 0.15) is 23.5 Å². The molecule has 0 aliphatic carbocycles. The maximum Gasteiger partial charge on any atom is 0.415 e. The van der Waals surface area contributed by atoms with Crippen molar-refractivity contribution in [2.75, 3.05) is 46.4 Å². The Morgan fingerprint density at radius 1 is 1.12 bits per heavy atom. The molecule has 0 saturated carbocycles. The quantitative estimate of drug-likeness (QED) is 0.270. The first-order valence-electron chi connectivity index (χ1n) is 14.3. The van der Waals surface area contributed by atoms with Gasteiger partial charge >= 0.3 is 6.09 Å². The van der Waals surface area contributed by atoms with E-state index in [1.54, 1.807) is 35.4 Å². The van der Waals surface area contributed by atoms with Crippen LogP contribution < -0.4 is 14.8 Å². The van der Waals surface area contributed by atoms with Crippen LogP contribution in [-0.4, -0.2) is 83.7 Å². The first-order valence-corrected chi connectivity index (χ1v) is 15.1. The third-order valence-corrected chi connectivity index (χ3v) is 8.92. The van der Waals surface area contributed by atoms with E-state index in [0.29, 0.717) is 54.4 Å². The molecule has 9 nitrogen and oxygen atoms in total. The Labute approximate surface area is 246 Å². The molecule has 2 aliphatic rings. The first kappa shape index (κ1) is 28.4. The fraction of sp³-hybridized carbons (Fsp3) is 0.433. The fourth-order valence-electron chi connectivity index (χ4n) is 5.56. The van der Waals surface area contributed by atoms with Crippen molar-refractivity contribution in [2.45, 2.75) is 38.3 Å². The number of imidazole rings is 1. The van der Waals surface area contributed by atoms with Crippen molar-refractivity contribution >= 4 is 38.5 Å². The third-order valence-electron chi connectivity index (χ3n) is 7.90. The van der Waals surface area contributed by atoms with Gasteiger partial charge in [0, 0.05) is 56.6 Å². The molecule has 0 atom stereocenters. The lowest BCUT2D eigenvalue weighted by Gasteiger charge is -2.28. The summed E-state index contributed by atoms with van der Waals surface area (Å²) < 4.78 is 42.0. The van der Waals surface area contributed by atoms with Gasteiger partial charge in [0.2, 0.25) is 0 Å². The molecule has 12 heteroatoms. The highest BCUT2D eigenvalue weighted by atomic mass is 32.1. The van der Waals surface area contributed by atoms with E-state index in [9.17, 15) is 14.0 Å². The normalized spacial score (nSPS) is 16.4. The maximum absolute atomic E-state index is 15.1. The topological polar surface area (TPSA) is 88.4 Å². The Balaban J connectivity index is 1.15. The van der Waals surface area contributed by atoms with Crippen molar-refractivity contribution in [3.63, 3.8) is 0 Å². The minimum Gasteiger partial charge on any atom is -0.496 e. The molecule has 0 radical (unpaired) electrons. The lowest BCUT2D eigenvalue weighted by molar-refractivity contribution is 0.0947. The number of benzene rings is 2. The van der Waals surface area contributed by atoms with E-state index in [0.717, 1.165) is 49.1 Å². The van der Waals surface area contributed by atoms with Crippen LogP contribution in [0.4, 0.5) is 13.6 Å². The van der Waals surface area contributed by atoms with Gasteiger partial charge in [-0.3, -0.25) is 9.20 Å². The molecule has 2 amide bonds. The predicted octanol–water partition coefficient (Wildman–Crippen LogP) is 5.51. The molecule has 42 heavy (non-hydrogen) atoms. The average molecular weight is 598 g/mol. The molecule has 0 unspecified atom stereocenters. The number of hydrogen-bond donors (Lipinski definition) is 1. The summed E-state index contributed by atoms with van der Waals surface area (Å²) in [5.74, 6) is -0.192. The molecular weight excluding hydrogens is 564 g/mol. The molecule has 2 aromatic carbocycles. The number of carbonyl (C=O) groups excluding carboxylic acids is 2. The minimum atomic E-state index is -0.694. The van der Waals surface area contributed by atoms with Crippen molar-refractivity contribution < 1.29 is 27.8 Å². The van der Waals surface area contributed by atoms with Gasteiger partial charge in [-0.05, 0) is 56.8 Å². The maximum atomic E-state index is 15.1. The highest BCUT2D eigenvalue weighted by molar-refractivity contribution is 7.23. The molecule has 1 N–H and O–H groups in total. The zero-order valence-corrected chi connectivity index (χ0v) is 24.2. The summed E-state index contributed by atoms with van der Waals surface area (Å²) in [6.45, 7) is 4.15. The second kappa shape index (κ2) is 12.2. The minimum absolute atomic E-state index is 0.150. The van der Waals surface area contributed by atoms with Crippen LogP contribution in [0.5, 0.6) is 11.5 Å². The van der Waals surface area contributed by atoms with Crippen molar-refractivity contribution in [3.8, 4) is 22.8 Å². The number of nitrogens with zero attached hydrogens (tertiary/aromatic N) is 4. The van der Waals surface area contributed by atoms with Crippen LogP contribution in [0.25, 0.3) is 26.4 Å². The van der Waals surface area contributed by atoms with E-state index in [2.05, 4.69) is 15.2 Å². The number of thiazole rings is 1. The third kappa shape index (κ3) is 5.91. The smallest absolute Gasteiger partial charge is 0.415 e. The summed E-state index contributed by atoms with van der Waals surface area (Å²) >= 11 is 1.39. The van der Waals surface area contributed by atoms with Crippen LogP contribution in [0, 0.1) is 5.82 Å². The van der Waals surface area contributed by atoms with Gasteiger partial charge in [0.25, 0.3) is 5.91 Å². The van der Waals surface area contributed by atoms with Crippen molar-refractivity contribution in [1.29, 1.82) is 0 Å². The van der Waals surface area contributed by atoms with Crippen LogP contribution in [-0.2, 0) is 0 Å². The SMILES string of the molecule is COc1cc2c(cc1C(=O)NCCCN1CCC(F)CC1)sc1nc(-c3ccc(OC(=O)N4CCCC4)cc3F)cn12. The Hall–Kier alpha value is -3.77. The zero-order valence-electron chi connectivity index (χ0n) is 23.4. The standard InChI is InChI=1S/C30H33F2N5O4S/c1-40-26-17-25-27(16-22(26)28(38)33-9-4-10-35-13-7-19(31)8-14-35)42-29-34-24(18-37(25)29)21-6-5-20(15-23(21)32)41-30(39)36-11-2-3-12-36/h5-6,15-19H,2-4,7-14H2,1H3,(H,33,38). The van der Waals surface area contributed by atoms with Crippen LogP contribution >= 0.6 is 11.3 Å². The number of likely N-dealkylation sites (tertiary alicyclic amines) is 2. The van der Waals surface area contributed by atoms with Crippen molar-refractivity contribution in [1.82, 2.24) is 24.5 Å².